The second kappa shape index (κ2) is 21.3. The number of aliphatic hydroxyl groups is 1. The van der Waals surface area contributed by atoms with Crippen LogP contribution in [-0.2, 0) is 42.4 Å². The highest BCUT2D eigenvalue weighted by Crippen LogP contribution is 2.25. The van der Waals surface area contributed by atoms with Crippen molar-refractivity contribution in [2.45, 2.75) is 38.8 Å². The highest BCUT2D eigenvalue weighted by atomic mass is 16.5. The molecule has 3 amide bonds. The van der Waals surface area contributed by atoms with Crippen molar-refractivity contribution < 1.29 is 33.4 Å². The minimum absolute atomic E-state index is 0.0298. The zero-order valence-electron chi connectivity index (χ0n) is 37.0. The third-order valence-corrected chi connectivity index (χ3v) is 11.1. The number of amides is 3. The standard InChI is InChI=1S/C46H57N11O8/c1-5-19-56-44(61)36-31-48-45(51-43(36)57(56)38-9-7-8-37(50-38)46(3,4)62)49-33-10-12-34(13-11-33)53-22-20-52(21-23-53)26-28-64-30-29-63-27-18-47-39(58)16-14-35-15-17-42(65-35)55-25-24-54(32-41(55)60)40(59)6-2/h5-13,15,17,31,62H,1-2,14,16,18-30,32H2,3-4H3,(H,47,58)(H,48,49,51). The number of anilines is 4. The van der Waals surface area contributed by atoms with Crippen LogP contribution < -0.4 is 26.0 Å². The highest BCUT2D eigenvalue weighted by molar-refractivity contribution is 5.98. The molecule has 2 aliphatic heterocycles. The quantitative estimate of drug-likeness (QED) is 0.0551. The number of hydrogen-bond acceptors (Lipinski definition) is 14. The summed E-state index contributed by atoms with van der Waals surface area (Å²) in [5.74, 6) is 1.14. The average molecular weight is 892 g/mol. The molecule has 2 fully saturated rings. The molecule has 0 bridgehead atoms. The summed E-state index contributed by atoms with van der Waals surface area (Å²) in [4.78, 5) is 71.6. The van der Waals surface area contributed by atoms with Gasteiger partial charge in [-0.15, -0.1) is 6.58 Å². The van der Waals surface area contributed by atoms with E-state index in [1.165, 1.54) is 26.8 Å². The minimum atomic E-state index is -1.18. The fourth-order valence-electron chi connectivity index (χ4n) is 7.58. The zero-order chi connectivity index (χ0) is 45.9. The van der Waals surface area contributed by atoms with Gasteiger partial charge >= 0.3 is 0 Å². The first-order valence-electron chi connectivity index (χ1n) is 21.8. The molecular formula is C46H57N11O8. The van der Waals surface area contributed by atoms with Crippen molar-refractivity contribution in [1.82, 2.24) is 39.4 Å². The molecule has 1 aromatic carbocycles. The topological polar surface area (TPSA) is 206 Å². The number of allylic oxidation sites excluding steroid dienone is 1. The maximum absolute atomic E-state index is 13.4. The number of hydrogen-bond donors (Lipinski definition) is 3. The van der Waals surface area contributed by atoms with E-state index in [2.05, 4.69) is 55.7 Å². The van der Waals surface area contributed by atoms with E-state index in [1.807, 2.05) is 12.1 Å². The molecule has 65 heavy (non-hydrogen) atoms. The van der Waals surface area contributed by atoms with Crippen LogP contribution in [0.15, 0.2) is 95.3 Å². The Morgan fingerprint density at radius 1 is 0.923 bits per heavy atom. The predicted molar refractivity (Wildman–Crippen MR) is 246 cm³/mol. The number of carbonyl (C=O) groups is 3. The van der Waals surface area contributed by atoms with E-state index in [0.717, 1.165) is 44.1 Å². The summed E-state index contributed by atoms with van der Waals surface area (Å²) in [6.45, 7) is 18.2. The number of rotatable bonds is 21. The summed E-state index contributed by atoms with van der Waals surface area (Å²) in [5, 5.41) is 17.1. The molecule has 7 rings (SSSR count). The van der Waals surface area contributed by atoms with Crippen LogP contribution in [0, 0.1) is 0 Å². The first kappa shape index (κ1) is 46.3. The number of ether oxygens (including phenoxy) is 2. The van der Waals surface area contributed by atoms with Crippen molar-refractivity contribution in [2.75, 3.05) is 100 Å². The van der Waals surface area contributed by atoms with Gasteiger partial charge in [-0.05, 0) is 62.4 Å². The van der Waals surface area contributed by atoms with Crippen LogP contribution in [0.2, 0.25) is 0 Å². The lowest BCUT2D eigenvalue weighted by Gasteiger charge is -2.36. The van der Waals surface area contributed by atoms with E-state index in [1.54, 1.807) is 54.9 Å². The van der Waals surface area contributed by atoms with Gasteiger partial charge in [0.15, 0.2) is 11.5 Å². The molecule has 2 saturated heterocycles. The second-order valence-electron chi connectivity index (χ2n) is 16.2. The molecule has 4 aromatic heterocycles. The van der Waals surface area contributed by atoms with Crippen molar-refractivity contribution in [3.05, 3.63) is 108 Å². The Morgan fingerprint density at radius 2 is 1.69 bits per heavy atom. The maximum atomic E-state index is 13.4. The first-order valence-corrected chi connectivity index (χ1v) is 21.8. The Morgan fingerprint density at radius 3 is 2.42 bits per heavy atom. The summed E-state index contributed by atoms with van der Waals surface area (Å²) >= 11 is 0. The number of fused-ring (bicyclic) bond motifs is 1. The van der Waals surface area contributed by atoms with Crippen LogP contribution >= 0.6 is 0 Å². The summed E-state index contributed by atoms with van der Waals surface area (Å²) in [7, 11) is 0. The van der Waals surface area contributed by atoms with Gasteiger partial charge in [-0.3, -0.25) is 29.0 Å². The van der Waals surface area contributed by atoms with Crippen molar-refractivity contribution in [3.8, 4) is 5.82 Å². The van der Waals surface area contributed by atoms with Crippen molar-refractivity contribution in [2.24, 2.45) is 0 Å². The van der Waals surface area contributed by atoms with Crippen molar-refractivity contribution >= 4 is 52.0 Å². The Bertz CT molecular complexity index is 2520. The van der Waals surface area contributed by atoms with Crippen LogP contribution in [0.3, 0.4) is 0 Å². The predicted octanol–water partition coefficient (Wildman–Crippen LogP) is 2.99. The van der Waals surface area contributed by atoms with Crippen LogP contribution in [0.25, 0.3) is 16.9 Å². The summed E-state index contributed by atoms with van der Waals surface area (Å²) in [5.41, 5.74) is 1.29. The molecule has 6 heterocycles. The molecule has 0 unspecified atom stereocenters. The molecule has 19 heteroatoms. The Balaban J connectivity index is 0.767. The van der Waals surface area contributed by atoms with Crippen LogP contribution in [-0.4, -0.2) is 142 Å². The molecule has 0 atom stereocenters. The van der Waals surface area contributed by atoms with Crippen LogP contribution in [0.5, 0.6) is 0 Å². The van der Waals surface area contributed by atoms with E-state index in [9.17, 15) is 24.3 Å². The monoisotopic (exact) mass is 891 g/mol. The molecule has 0 radical (unpaired) electrons. The normalized spacial score (nSPS) is 14.8. The van der Waals surface area contributed by atoms with Gasteiger partial charge in [0.1, 0.15) is 23.3 Å². The lowest BCUT2D eigenvalue weighted by atomic mass is 10.1. The third-order valence-electron chi connectivity index (χ3n) is 11.1. The van der Waals surface area contributed by atoms with Crippen molar-refractivity contribution in [1.29, 1.82) is 0 Å². The van der Waals surface area contributed by atoms with Gasteiger partial charge in [-0.25, -0.2) is 19.3 Å². The van der Waals surface area contributed by atoms with E-state index >= 15 is 0 Å². The Labute approximate surface area is 376 Å². The van der Waals surface area contributed by atoms with Crippen molar-refractivity contribution in [3.63, 3.8) is 0 Å². The molecule has 19 nitrogen and oxygen atoms in total. The molecule has 0 spiro atoms. The van der Waals surface area contributed by atoms with Gasteiger partial charge in [0, 0.05) is 88.8 Å². The van der Waals surface area contributed by atoms with Gasteiger partial charge in [-0.1, -0.05) is 18.7 Å². The number of nitrogens with one attached hydrogen (secondary N) is 2. The number of nitrogens with zero attached hydrogens (tertiary/aromatic N) is 9. The largest absolute Gasteiger partial charge is 0.445 e. The van der Waals surface area contributed by atoms with Crippen LogP contribution in [0.1, 0.15) is 31.7 Å². The average Bonchev–Trinajstić information content (AvgIpc) is 3.89. The number of carbonyl (C=O) groups excluding carboxylic acids is 3. The Kier molecular flexibility index (Phi) is 15.2. The first-order chi connectivity index (χ1) is 31.4. The van der Waals surface area contributed by atoms with Gasteiger partial charge in [-0.2, -0.15) is 4.98 Å². The number of benzene rings is 1. The third kappa shape index (κ3) is 11.7. The van der Waals surface area contributed by atoms with Gasteiger partial charge in [0.2, 0.25) is 29.6 Å². The lowest BCUT2D eigenvalue weighted by Crippen LogP contribution is -2.52. The van der Waals surface area contributed by atoms with Gasteiger partial charge in [0.25, 0.3) is 5.56 Å². The van der Waals surface area contributed by atoms with E-state index in [-0.39, 0.29) is 42.8 Å². The smallest absolute Gasteiger partial charge is 0.278 e. The van der Waals surface area contributed by atoms with E-state index < -0.39 is 5.60 Å². The molecular weight excluding hydrogens is 835 g/mol. The summed E-state index contributed by atoms with van der Waals surface area (Å²) in [6.07, 6.45) is 4.97. The number of aromatic nitrogens is 5. The van der Waals surface area contributed by atoms with Crippen LogP contribution in [0.4, 0.5) is 23.2 Å². The summed E-state index contributed by atoms with van der Waals surface area (Å²) < 4.78 is 20.4. The lowest BCUT2D eigenvalue weighted by molar-refractivity contribution is -0.133. The molecule has 0 saturated carbocycles. The fraction of sp³-hybridized carbons (Fsp3) is 0.413. The minimum Gasteiger partial charge on any atom is -0.445 e. The van der Waals surface area contributed by atoms with E-state index in [4.69, 9.17) is 18.9 Å². The molecule has 3 N–H and O–H groups in total. The number of pyridine rings is 1. The number of aryl methyl sites for hydroxylation is 1. The molecule has 344 valence electrons. The molecule has 5 aromatic rings. The zero-order valence-corrected chi connectivity index (χ0v) is 37.0. The highest BCUT2D eigenvalue weighted by Gasteiger charge is 2.29. The SMILES string of the molecule is C=CCn1c(=O)c2cnc(Nc3ccc(N4CCN(CCOCCOCCNC(=O)CCc5ccc(N6CCN(C(=O)C=C)CC6=O)o5)CC4)cc3)nc2n1-c1cccc(C(C)(C)O)n1. The number of piperazine rings is 2. The Hall–Kier alpha value is -6.67. The maximum Gasteiger partial charge on any atom is 0.278 e. The van der Waals surface area contributed by atoms with E-state index in [0.29, 0.717) is 92.6 Å². The number of furan rings is 1. The summed E-state index contributed by atoms with van der Waals surface area (Å²) in [6, 6.07) is 16.8. The van der Waals surface area contributed by atoms with Gasteiger partial charge < -0.3 is 39.4 Å². The van der Waals surface area contributed by atoms with Gasteiger partial charge in [0.05, 0.1) is 38.7 Å². The molecule has 2 aliphatic rings. The fourth-order valence-corrected chi connectivity index (χ4v) is 7.58. The molecule has 0 aliphatic carbocycles. The second-order valence-corrected chi connectivity index (χ2v) is 16.2.